The lowest BCUT2D eigenvalue weighted by Gasteiger charge is -2.08. The van der Waals surface area contributed by atoms with Gasteiger partial charge in [0, 0.05) is 11.1 Å². The molecule has 144 valence electrons. The van der Waals surface area contributed by atoms with Gasteiger partial charge in [-0.2, -0.15) is 5.10 Å². The highest BCUT2D eigenvalue weighted by molar-refractivity contribution is 6.07. The van der Waals surface area contributed by atoms with Crippen LogP contribution in [0, 0.1) is 0 Å². The van der Waals surface area contributed by atoms with E-state index >= 15 is 0 Å². The van der Waals surface area contributed by atoms with Gasteiger partial charge in [0.2, 0.25) is 0 Å². The first-order chi connectivity index (χ1) is 13.5. The Morgan fingerprint density at radius 1 is 0.964 bits per heavy atom. The van der Waals surface area contributed by atoms with Crippen LogP contribution in [0.2, 0.25) is 0 Å². The number of allylic oxidation sites excluding steroid dienone is 1. The molecule has 0 amide bonds. The van der Waals surface area contributed by atoms with Crippen molar-refractivity contribution in [3.63, 3.8) is 0 Å². The molecule has 0 unspecified atom stereocenters. The van der Waals surface area contributed by atoms with E-state index < -0.39 is 0 Å². The first-order valence-corrected chi connectivity index (χ1v) is 8.43. The van der Waals surface area contributed by atoms with Gasteiger partial charge >= 0.3 is 0 Å². The molecule has 7 heteroatoms. The van der Waals surface area contributed by atoms with Crippen molar-refractivity contribution in [1.82, 2.24) is 10.2 Å². The molecule has 0 aliphatic rings. The topological polar surface area (TPSA) is 93.7 Å². The summed E-state index contributed by atoms with van der Waals surface area (Å²) in [7, 11) is 4.60. The standard InChI is InChI=1S/C21H20N2O5/c1-26-19-8-5-14(10-18(19)25)17(24)7-6-15-12-16(23-22-15)13-4-9-20(27-2)21(11-13)28-3/h4-12,25H,1-3H3,(H,22,23). The van der Waals surface area contributed by atoms with Gasteiger partial charge in [-0.05, 0) is 54.6 Å². The second-order valence-corrected chi connectivity index (χ2v) is 5.86. The zero-order valence-electron chi connectivity index (χ0n) is 15.7. The second-order valence-electron chi connectivity index (χ2n) is 5.86. The van der Waals surface area contributed by atoms with E-state index in [0.717, 1.165) is 5.56 Å². The van der Waals surface area contributed by atoms with E-state index in [9.17, 15) is 9.90 Å². The molecule has 0 atom stereocenters. The maximum atomic E-state index is 12.3. The number of aromatic nitrogens is 2. The van der Waals surface area contributed by atoms with E-state index in [1.807, 2.05) is 18.2 Å². The van der Waals surface area contributed by atoms with Crippen LogP contribution in [0.1, 0.15) is 16.1 Å². The zero-order valence-corrected chi connectivity index (χ0v) is 15.7. The number of nitrogens with zero attached hydrogens (tertiary/aromatic N) is 1. The summed E-state index contributed by atoms with van der Waals surface area (Å²) in [6.07, 6.45) is 3.04. The number of benzene rings is 2. The number of ether oxygens (including phenoxy) is 3. The minimum absolute atomic E-state index is 0.0842. The molecule has 2 N–H and O–H groups in total. The SMILES string of the molecule is COc1ccc(C(=O)C=Cc2cc(-c3ccc(OC)c(OC)c3)n[nH]2)cc1O. The first-order valence-electron chi connectivity index (χ1n) is 8.43. The fourth-order valence-corrected chi connectivity index (χ4v) is 2.67. The van der Waals surface area contributed by atoms with Gasteiger partial charge in [0.15, 0.2) is 28.8 Å². The number of aromatic amines is 1. The average molecular weight is 380 g/mol. The minimum atomic E-state index is -0.250. The Morgan fingerprint density at radius 3 is 2.36 bits per heavy atom. The third kappa shape index (κ3) is 3.98. The maximum absolute atomic E-state index is 12.3. The molecule has 0 aliphatic carbocycles. The van der Waals surface area contributed by atoms with Gasteiger partial charge in [-0.3, -0.25) is 9.89 Å². The molecule has 1 heterocycles. The number of rotatable bonds is 7. The van der Waals surface area contributed by atoms with Gasteiger partial charge in [-0.25, -0.2) is 0 Å². The number of methoxy groups -OCH3 is 3. The van der Waals surface area contributed by atoms with Crippen LogP contribution in [-0.2, 0) is 0 Å². The summed E-state index contributed by atoms with van der Waals surface area (Å²) >= 11 is 0. The van der Waals surface area contributed by atoms with Crippen molar-refractivity contribution in [1.29, 1.82) is 0 Å². The Morgan fingerprint density at radius 2 is 1.68 bits per heavy atom. The van der Waals surface area contributed by atoms with E-state index in [1.165, 1.54) is 19.3 Å². The molecular weight excluding hydrogens is 360 g/mol. The average Bonchev–Trinajstić information content (AvgIpc) is 3.20. The smallest absolute Gasteiger partial charge is 0.186 e. The van der Waals surface area contributed by atoms with Gasteiger partial charge in [-0.15, -0.1) is 0 Å². The molecule has 0 fully saturated rings. The molecule has 0 saturated carbocycles. The maximum Gasteiger partial charge on any atom is 0.186 e. The second kappa shape index (κ2) is 8.30. The monoisotopic (exact) mass is 380 g/mol. The number of phenolic OH excluding ortho intramolecular Hbond substituents is 1. The lowest BCUT2D eigenvalue weighted by molar-refractivity contribution is 0.104. The molecule has 0 bridgehead atoms. The summed E-state index contributed by atoms with van der Waals surface area (Å²) in [4.78, 5) is 12.3. The molecule has 2 aromatic carbocycles. The van der Waals surface area contributed by atoms with Crippen molar-refractivity contribution in [2.24, 2.45) is 0 Å². The largest absolute Gasteiger partial charge is 0.504 e. The fourth-order valence-electron chi connectivity index (χ4n) is 2.67. The number of hydrogen-bond acceptors (Lipinski definition) is 6. The lowest BCUT2D eigenvalue weighted by Crippen LogP contribution is -1.94. The van der Waals surface area contributed by atoms with E-state index in [2.05, 4.69) is 10.2 Å². The summed E-state index contributed by atoms with van der Waals surface area (Å²) in [5, 5.41) is 16.9. The number of carbonyl (C=O) groups is 1. The highest BCUT2D eigenvalue weighted by Gasteiger charge is 2.10. The molecule has 0 aliphatic heterocycles. The summed E-state index contributed by atoms with van der Waals surface area (Å²) in [5.41, 5.74) is 2.57. The highest BCUT2D eigenvalue weighted by atomic mass is 16.5. The van der Waals surface area contributed by atoms with Gasteiger partial charge in [0.1, 0.15) is 0 Å². The summed E-state index contributed by atoms with van der Waals surface area (Å²) in [6, 6.07) is 11.8. The normalized spacial score (nSPS) is 10.8. The van der Waals surface area contributed by atoms with Gasteiger partial charge in [-0.1, -0.05) is 0 Å². The van der Waals surface area contributed by atoms with Gasteiger partial charge in [0.25, 0.3) is 0 Å². The van der Waals surface area contributed by atoms with Crippen LogP contribution in [-0.4, -0.2) is 42.4 Å². The number of carbonyl (C=O) groups excluding carboxylic acids is 1. The van der Waals surface area contributed by atoms with E-state index in [1.54, 1.807) is 38.5 Å². The van der Waals surface area contributed by atoms with Crippen molar-refractivity contribution >= 4 is 11.9 Å². The van der Waals surface area contributed by atoms with Crippen molar-refractivity contribution in [2.45, 2.75) is 0 Å². The Bertz CT molecular complexity index is 1020. The molecule has 3 aromatic rings. The third-order valence-corrected chi connectivity index (χ3v) is 4.15. The number of hydrogen-bond donors (Lipinski definition) is 2. The number of H-pyrrole nitrogens is 1. The summed E-state index contributed by atoms with van der Waals surface area (Å²) in [6.45, 7) is 0. The first kappa shape index (κ1) is 19.0. The number of nitrogens with one attached hydrogen (secondary N) is 1. The molecule has 3 rings (SSSR count). The molecule has 0 saturated heterocycles. The quantitative estimate of drug-likeness (QED) is 0.479. The van der Waals surface area contributed by atoms with E-state index in [0.29, 0.717) is 34.2 Å². The highest BCUT2D eigenvalue weighted by Crippen LogP contribution is 2.32. The van der Waals surface area contributed by atoms with E-state index in [-0.39, 0.29) is 11.5 Å². The van der Waals surface area contributed by atoms with Crippen LogP contribution in [0.3, 0.4) is 0 Å². The number of phenols is 1. The molecule has 28 heavy (non-hydrogen) atoms. The molecular formula is C21H20N2O5. The van der Waals surface area contributed by atoms with Crippen molar-refractivity contribution in [2.75, 3.05) is 21.3 Å². The van der Waals surface area contributed by atoms with Gasteiger partial charge < -0.3 is 19.3 Å². The molecule has 7 nitrogen and oxygen atoms in total. The fraction of sp³-hybridized carbons (Fsp3) is 0.143. The minimum Gasteiger partial charge on any atom is -0.504 e. The molecule has 0 radical (unpaired) electrons. The predicted molar refractivity (Wildman–Crippen MR) is 105 cm³/mol. The Hall–Kier alpha value is -3.74. The predicted octanol–water partition coefficient (Wildman–Crippen LogP) is 3.70. The zero-order chi connectivity index (χ0) is 20.1. The Labute approximate surface area is 162 Å². The lowest BCUT2D eigenvalue weighted by atomic mass is 10.1. The summed E-state index contributed by atoms with van der Waals surface area (Å²) in [5.74, 6) is 1.22. The molecule has 0 spiro atoms. The van der Waals surface area contributed by atoms with Gasteiger partial charge in [0.05, 0.1) is 32.7 Å². The third-order valence-electron chi connectivity index (χ3n) is 4.15. The number of ketones is 1. The Kier molecular flexibility index (Phi) is 5.64. The van der Waals surface area contributed by atoms with E-state index in [4.69, 9.17) is 14.2 Å². The number of aromatic hydroxyl groups is 1. The van der Waals surface area contributed by atoms with Crippen molar-refractivity contribution in [3.05, 3.63) is 59.8 Å². The van der Waals surface area contributed by atoms with Crippen LogP contribution >= 0.6 is 0 Å². The van der Waals surface area contributed by atoms with Crippen LogP contribution in [0.4, 0.5) is 0 Å². The Balaban J connectivity index is 1.77. The van der Waals surface area contributed by atoms with Crippen LogP contribution < -0.4 is 14.2 Å². The van der Waals surface area contributed by atoms with Crippen LogP contribution in [0.5, 0.6) is 23.0 Å². The van der Waals surface area contributed by atoms with Crippen LogP contribution in [0.25, 0.3) is 17.3 Å². The molecule has 1 aromatic heterocycles. The summed E-state index contributed by atoms with van der Waals surface area (Å²) < 4.78 is 15.5. The van der Waals surface area contributed by atoms with Crippen LogP contribution in [0.15, 0.2) is 48.5 Å². The van der Waals surface area contributed by atoms with Crippen molar-refractivity contribution in [3.8, 4) is 34.3 Å². The van der Waals surface area contributed by atoms with Crippen molar-refractivity contribution < 1.29 is 24.1 Å².